The fourth-order valence-electron chi connectivity index (χ4n) is 5.37. The van der Waals surface area contributed by atoms with Gasteiger partial charge >= 0.3 is 0 Å². The first-order valence-electron chi connectivity index (χ1n) is 12.0. The number of fused-ring (bicyclic) bond motifs is 1. The number of hydrogen-bond acceptors (Lipinski definition) is 4. The highest BCUT2D eigenvalue weighted by Crippen LogP contribution is 2.50. The second-order valence-electron chi connectivity index (χ2n) is 9.51. The highest BCUT2D eigenvalue weighted by atomic mass is 16.5. The Morgan fingerprint density at radius 1 is 1.23 bits per heavy atom. The Morgan fingerprint density at radius 3 is 2.80 bits per heavy atom. The van der Waals surface area contributed by atoms with Crippen LogP contribution in [-0.4, -0.2) is 60.2 Å². The molecular formula is C26H41NO3. The third-order valence-electron chi connectivity index (χ3n) is 7.29. The molecule has 3 rings (SSSR count). The van der Waals surface area contributed by atoms with Crippen LogP contribution in [0.5, 0.6) is 0 Å². The average Bonchev–Trinajstić information content (AvgIpc) is 3.27. The summed E-state index contributed by atoms with van der Waals surface area (Å²) in [6, 6.07) is 0. The predicted molar refractivity (Wildman–Crippen MR) is 122 cm³/mol. The van der Waals surface area contributed by atoms with Crippen molar-refractivity contribution in [2.45, 2.75) is 71.0 Å². The lowest BCUT2D eigenvalue weighted by Gasteiger charge is -2.26. The molecule has 4 heteroatoms. The highest BCUT2D eigenvalue weighted by molar-refractivity contribution is 5.18. The van der Waals surface area contributed by atoms with Crippen molar-refractivity contribution >= 4 is 0 Å². The summed E-state index contributed by atoms with van der Waals surface area (Å²) in [6.07, 6.45) is 13.3. The van der Waals surface area contributed by atoms with Crippen LogP contribution in [0.3, 0.4) is 0 Å². The van der Waals surface area contributed by atoms with E-state index in [9.17, 15) is 10.2 Å². The lowest BCUT2D eigenvalue weighted by atomic mass is 9.89. The van der Waals surface area contributed by atoms with E-state index in [1.54, 1.807) is 5.57 Å². The Morgan fingerprint density at radius 2 is 2.03 bits per heavy atom. The summed E-state index contributed by atoms with van der Waals surface area (Å²) in [6.45, 7) is 9.00. The van der Waals surface area contributed by atoms with Crippen LogP contribution < -0.4 is 0 Å². The molecule has 0 spiro atoms. The third kappa shape index (κ3) is 6.69. The molecule has 0 bridgehead atoms. The van der Waals surface area contributed by atoms with Crippen molar-refractivity contribution in [2.75, 3.05) is 32.8 Å². The van der Waals surface area contributed by atoms with Crippen molar-refractivity contribution in [3.8, 4) is 11.8 Å². The highest BCUT2D eigenvalue weighted by Gasteiger charge is 2.44. The van der Waals surface area contributed by atoms with Gasteiger partial charge in [-0.3, -0.25) is 4.90 Å². The van der Waals surface area contributed by atoms with Gasteiger partial charge in [0.05, 0.1) is 25.4 Å². The Kier molecular flexibility index (Phi) is 9.46. The first-order chi connectivity index (χ1) is 14.6. The molecule has 0 aromatic rings. The molecule has 2 aliphatic carbocycles. The molecule has 3 aliphatic rings. The maximum absolute atomic E-state index is 10.6. The molecule has 0 aromatic carbocycles. The number of ether oxygens (including phenoxy) is 1. The lowest BCUT2D eigenvalue weighted by Crippen LogP contribution is -2.36. The van der Waals surface area contributed by atoms with E-state index in [-0.39, 0.29) is 17.9 Å². The molecule has 4 nitrogen and oxygen atoms in total. The van der Waals surface area contributed by atoms with Gasteiger partial charge in [-0.15, -0.1) is 11.8 Å². The second-order valence-corrected chi connectivity index (χ2v) is 9.51. The van der Waals surface area contributed by atoms with Gasteiger partial charge in [-0.2, -0.15) is 0 Å². The van der Waals surface area contributed by atoms with Crippen LogP contribution in [0.2, 0.25) is 0 Å². The number of rotatable bonds is 9. The Balaban J connectivity index is 1.42. The zero-order chi connectivity index (χ0) is 21.3. The molecule has 1 saturated heterocycles. The van der Waals surface area contributed by atoms with E-state index < -0.39 is 6.10 Å². The van der Waals surface area contributed by atoms with Crippen LogP contribution in [0, 0.1) is 35.5 Å². The van der Waals surface area contributed by atoms with Gasteiger partial charge in [0.2, 0.25) is 0 Å². The van der Waals surface area contributed by atoms with Gasteiger partial charge in [-0.25, -0.2) is 0 Å². The molecule has 0 aromatic heterocycles. The lowest BCUT2D eigenvalue weighted by molar-refractivity contribution is 0.0372. The third-order valence-corrected chi connectivity index (χ3v) is 7.29. The normalized spacial score (nSPS) is 32.9. The van der Waals surface area contributed by atoms with Gasteiger partial charge in [0, 0.05) is 25.4 Å². The van der Waals surface area contributed by atoms with Crippen molar-refractivity contribution < 1.29 is 14.9 Å². The number of aliphatic hydroxyl groups excluding tert-OH is 2. The molecule has 0 radical (unpaired) electrons. The quantitative estimate of drug-likeness (QED) is 0.342. The van der Waals surface area contributed by atoms with Crippen LogP contribution in [0.25, 0.3) is 0 Å². The zero-order valence-electron chi connectivity index (χ0n) is 18.9. The molecule has 168 valence electrons. The molecular weight excluding hydrogens is 374 g/mol. The maximum atomic E-state index is 10.6. The van der Waals surface area contributed by atoms with E-state index >= 15 is 0 Å². The van der Waals surface area contributed by atoms with E-state index in [2.05, 4.69) is 28.9 Å². The fraction of sp³-hybridized carbons (Fsp3) is 0.769. The Hall–Kier alpha value is -1.12. The van der Waals surface area contributed by atoms with Crippen LogP contribution in [-0.2, 0) is 4.74 Å². The number of nitrogens with zero attached hydrogens (tertiary/aromatic N) is 1. The summed E-state index contributed by atoms with van der Waals surface area (Å²) in [7, 11) is 0. The van der Waals surface area contributed by atoms with Gasteiger partial charge < -0.3 is 14.9 Å². The largest absolute Gasteiger partial charge is 0.392 e. The summed E-state index contributed by atoms with van der Waals surface area (Å²) in [5, 5.41) is 20.9. The van der Waals surface area contributed by atoms with Crippen molar-refractivity contribution in [1.82, 2.24) is 4.90 Å². The Labute approximate surface area is 183 Å². The van der Waals surface area contributed by atoms with Crippen LogP contribution in [0.15, 0.2) is 23.8 Å². The standard InChI is InChI=1S/C26H41NO3/c1-3-4-8-20(2)25(28)11-10-23-24-18-21(17-22(24)19-26(23)29)9-6-5-7-12-27-13-15-30-16-14-27/h9-11,20,22-26,28-29H,5-8,12-19H2,1-2H3/b11-10+,21-9?/t20-,22+,23-,24+,25+,26-/m1/s1. The monoisotopic (exact) mass is 415 g/mol. The van der Waals surface area contributed by atoms with Gasteiger partial charge in [-0.1, -0.05) is 30.7 Å². The molecule has 6 atom stereocenters. The molecule has 2 saturated carbocycles. The molecule has 0 unspecified atom stereocenters. The molecule has 1 heterocycles. The summed E-state index contributed by atoms with van der Waals surface area (Å²) in [4.78, 5) is 2.51. The molecule has 0 amide bonds. The van der Waals surface area contributed by atoms with Gasteiger partial charge in [0.25, 0.3) is 0 Å². The van der Waals surface area contributed by atoms with E-state index in [1.807, 2.05) is 19.9 Å². The summed E-state index contributed by atoms with van der Waals surface area (Å²) >= 11 is 0. The number of morpholine rings is 1. The first-order valence-corrected chi connectivity index (χ1v) is 12.0. The smallest absolute Gasteiger partial charge is 0.0755 e. The number of allylic oxidation sites excluding steroid dienone is 2. The van der Waals surface area contributed by atoms with E-state index in [1.165, 1.54) is 25.8 Å². The van der Waals surface area contributed by atoms with Gasteiger partial charge in [-0.05, 0) is 69.7 Å². The average molecular weight is 416 g/mol. The van der Waals surface area contributed by atoms with Crippen LogP contribution >= 0.6 is 0 Å². The number of hydrogen-bond donors (Lipinski definition) is 2. The zero-order valence-corrected chi connectivity index (χ0v) is 18.9. The minimum Gasteiger partial charge on any atom is -0.392 e. The fourth-order valence-corrected chi connectivity index (χ4v) is 5.37. The summed E-state index contributed by atoms with van der Waals surface area (Å²) < 4.78 is 5.41. The molecule has 1 aliphatic heterocycles. The molecule has 2 N–H and O–H groups in total. The summed E-state index contributed by atoms with van der Waals surface area (Å²) in [5.41, 5.74) is 1.59. The van der Waals surface area contributed by atoms with Crippen LogP contribution in [0.1, 0.15) is 58.8 Å². The second kappa shape index (κ2) is 12.1. The van der Waals surface area contributed by atoms with Crippen molar-refractivity contribution in [3.05, 3.63) is 23.8 Å². The van der Waals surface area contributed by atoms with Gasteiger partial charge in [0.1, 0.15) is 0 Å². The molecule has 30 heavy (non-hydrogen) atoms. The topological polar surface area (TPSA) is 52.9 Å². The number of aliphatic hydroxyl groups is 2. The van der Waals surface area contributed by atoms with E-state index in [4.69, 9.17) is 4.74 Å². The maximum Gasteiger partial charge on any atom is 0.0755 e. The minimum absolute atomic E-state index is 0.125. The first kappa shape index (κ1) is 23.5. The Bertz CT molecular complexity index is 640. The van der Waals surface area contributed by atoms with E-state index in [0.29, 0.717) is 18.3 Å². The molecule has 3 fully saturated rings. The minimum atomic E-state index is -0.486. The summed E-state index contributed by atoms with van der Waals surface area (Å²) in [5.74, 6) is 7.39. The van der Waals surface area contributed by atoms with Gasteiger partial charge in [0.15, 0.2) is 0 Å². The van der Waals surface area contributed by atoms with Crippen molar-refractivity contribution in [3.63, 3.8) is 0 Å². The predicted octanol–water partition coefficient (Wildman–Crippen LogP) is 3.79. The van der Waals surface area contributed by atoms with Crippen molar-refractivity contribution in [2.24, 2.45) is 23.7 Å². The van der Waals surface area contributed by atoms with E-state index in [0.717, 1.165) is 45.6 Å². The van der Waals surface area contributed by atoms with Crippen molar-refractivity contribution in [1.29, 1.82) is 0 Å². The SMILES string of the molecule is CC#CC[C@@H](C)[C@@H](O)/C=C/[C@@H]1[C@H]2CC(=CCCCCN3CCOCC3)C[C@H]2C[C@H]1O. The van der Waals surface area contributed by atoms with Crippen LogP contribution in [0.4, 0.5) is 0 Å². The number of unbranched alkanes of at least 4 members (excludes halogenated alkanes) is 2.